The van der Waals surface area contributed by atoms with E-state index in [0.29, 0.717) is 0 Å². The van der Waals surface area contributed by atoms with E-state index in [1.807, 2.05) is 39.0 Å². The molecule has 0 fully saturated rings. The van der Waals surface area contributed by atoms with E-state index in [4.69, 9.17) is 0 Å². The highest BCUT2D eigenvalue weighted by Gasteiger charge is 2.18. The van der Waals surface area contributed by atoms with E-state index in [2.05, 4.69) is 51.6 Å². The standard InChI is InChI=1S/C20H22N2OS/c1-20(2,3)24(23)21-14-17-10-7-11-19-18(17)12-13-22(19)15-16-8-5-4-6-9-16/h4-14H,15H2,1-3H3/b21-14-. The summed E-state index contributed by atoms with van der Waals surface area (Å²) in [7, 11) is -1.24. The molecule has 0 saturated heterocycles. The van der Waals surface area contributed by atoms with Crippen molar-refractivity contribution < 1.29 is 4.21 Å². The predicted molar refractivity (Wildman–Crippen MR) is 103 cm³/mol. The summed E-state index contributed by atoms with van der Waals surface area (Å²) >= 11 is 0. The third kappa shape index (κ3) is 3.65. The molecule has 2 aromatic carbocycles. The molecular weight excluding hydrogens is 316 g/mol. The lowest BCUT2D eigenvalue weighted by Gasteiger charge is -2.12. The van der Waals surface area contributed by atoms with Crippen LogP contribution in [0.5, 0.6) is 0 Å². The van der Waals surface area contributed by atoms with Crippen molar-refractivity contribution in [3.8, 4) is 0 Å². The number of hydrogen-bond acceptors (Lipinski definition) is 1. The Balaban J connectivity index is 1.92. The van der Waals surface area contributed by atoms with Crippen LogP contribution in [0.15, 0.2) is 65.2 Å². The Hall–Kier alpha value is -2.20. The van der Waals surface area contributed by atoms with Crippen LogP contribution in [0.3, 0.4) is 0 Å². The smallest absolute Gasteiger partial charge is 0.144 e. The molecule has 4 heteroatoms. The molecule has 0 N–H and O–H groups in total. The third-order valence-electron chi connectivity index (χ3n) is 3.85. The van der Waals surface area contributed by atoms with Gasteiger partial charge < -0.3 is 4.57 Å². The van der Waals surface area contributed by atoms with Gasteiger partial charge in [0.05, 0.1) is 4.75 Å². The second-order valence-electron chi connectivity index (χ2n) is 6.81. The molecule has 3 nitrogen and oxygen atoms in total. The van der Waals surface area contributed by atoms with Gasteiger partial charge in [-0.25, -0.2) is 4.21 Å². The van der Waals surface area contributed by atoms with E-state index in [9.17, 15) is 4.21 Å². The highest BCUT2D eigenvalue weighted by Crippen LogP contribution is 2.21. The molecule has 0 aliphatic carbocycles. The molecule has 3 rings (SSSR count). The maximum Gasteiger partial charge on any atom is 0.144 e. The molecule has 0 aliphatic rings. The van der Waals surface area contributed by atoms with E-state index < -0.39 is 11.0 Å². The van der Waals surface area contributed by atoms with E-state index in [1.54, 1.807) is 6.21 Å². The topological polar surface area (TPSA) is 34.4 Å². The van der Waals surface area contributed by atoms with Gasteiger partial charge in [-0.15, -0.1) is 0 Å². The zero-order valence-corrected chi connectivity index (χ0v) is 15.1. The summed E-state index contributed by atoms with van der Waals surface area (Å²) in [6.07, 6.45) is 3.83. The fourth-order valence-corrected chi connectivity index (χ4v) is 3.07. The quantitative estimate of drug-likeness (QED) is 0.642. The summed E-state index contributed by atoms with van der Waals surface area (Å²) in [4.78, 5) is 0. The zero-order valence-electron chi connectivity index (χ0n) is 14.3. The molecular formula is C20H22N2OS. The van der Waals surface area contributed by atoms with Gasteiger partial charge in [0.25, 0.3) is 0 Å². The highest BCUT2D eigenvalue weighted by molar-refractivity contribution is 7.85. The monoisotopic (exact) mass is 338 g/mol. The average molecular weight is 338 g/mol. The summed E-state index contributed by atoms with van der Waals surface area (Å²) in [6, 6.07) is 18.6. The minimum Gasteiger partial charge on any atom is -0.343 e. The molecule has 0 aliphatic heterocycles. The van der Waals surface area contributed by atoms with Gasteiger partial charge in [0, 0.05) is 35.4 Å². The third-order valence-corrected chi connectivity index (χ3v) is 5.20. The van der Waals surface area contributed by atoms with Crippen molar-refractivity contribution in [1.82, 2.24) is 4.57 Å². The van der Waals surface area contributed by atoms with Crippen LogP contribution in [0.2, 0.25) is 0 Å². The lowest BCUT2D eigenvalue weighted by molar-refractivity contribution is 0.651. The van der Waals surface area contributed by atoms with Crippen LogP contribution in [-0.4, -0.2) is 19.7 Å². The Labute approximate surface area is 145 Å². The fraction of sp³-hybridized carbons (Fsp3) is 0.250. The predicted octanol–water partition coefficient (Wildman–Crippen LogP) is 4.57. The summed E-state index contributed by atoms with van der Waals surface area (Å²) in [5, 5.41) is 1.13. The zero-order chi connectivity index (χ0) is 17.2. The van der Waals surface area contributed by atoms with Crippen molar-refractivity contribution >= 4 is 28.1 Å². The lowest BCUT2D eigenvalue weighted by Crippen LogP contribution is -2.19. The van der Waals surface area contributed by atoms with E-state index in [0.717, 1.165) is 23.0 Å². The highest BCUT2D eigenvalue weighted by atomic mass is 32.2. The second kappa shape index (κ2) is 6.73. The molecule has 1 aromatic heterocycles. The number of benzene rings is 2. The van der Waals surface area contributed by atoms with Gasteiger partial charge in [0.2, 0.25) is 0 Å². The van der Waals surface area contributed by atoms with Crippen molar-refractivity contribution in [2.75, 3.05) is 0 Å². The Bertz CT molecular complexity index is 889. The molecule has 3 aromatic rings. The van der Waals surface area contributed by atoms with Crippen molar-refractivity contribution in [2.24, 2.45) is 4.40 Å². The minimum absolute atomic E-state index is 0.344. The van der Waals surface area contributed by atoms with Crippen LogP contribution >= 0.6 is 0 Å². The summed E-state index contributed by atoms with van der Waals surface area (Å²) in [5.74, 6) is 0. The first-order valence-electron chi connectivity index (χ1n) is 8.03. The van der Waals surface area contributed by atoms with E-state index >= 15 is 0 Å². The number of fused-ring (bicyclic) bond motifs is 1. The normalized spacial score (nSPS) is 13.6. The summed E-state index contributed by atoms with van der Waals surface area (Å²) in [5.41, 5.74) is 3.42. The number of rotatable bonds is 4. The lowest BCUT2D eigenvalue weighted by atomic mass is 10.1. The van der Waals surface area contributed by atoms with Gasteiger partial charge in [0.15, 0.2) is 0 Å². The van der Waals surface area contributed by atoms with Gasteiger partial charge in [-0.3, -0.25) is 0 Å². The van der Waals surface area contributed by atoms with Crippen LogP contribution in [0.4, 0.5) is 0 Å². The molecule has 0 bridgehead atoms. The number of aromatic nitrogens is 1. The molecule has 1 unspecified atom stereocenters. The first-order chi connectivity index (χ1) is 11.4. The first kappa shape index (κ1) is 16.7. The Kier molecular flexibility index (Phi) is 4.67. The van der Waals surface area contributed by atoms with Crippen LogP contribution in [0, 0.1) is 0 Å². The maximum absolute atomic E-state index is 12.1. The molecule has 0 spiro atoms. The second-order valence-corrected chi connectivity index (χ2v) is 8.74. The van der Waals surface area contributed by atoms with Crippen molar-refractivity contribution in [3.63, 3.8) is 0 Å². The SMILES string of the molecule is CC(C)(C)S(=O)/N=C\c1cccc2c1ccn2Cc1ccccc1. The van der Waals surface area contributed by atoms with E-state index in [1.165, 1.54) is 5.56 Å². The molecule has 24 heavy (non-hydrogen) atoms. The summed E-state index contributed by atoms with van der Waals surface area (Å²) < 4.78 is 18.3. The number of hydrogen-bond donors (Lipinski definition) is 0. The summed E-state index contributed by atoms with van der Waals surface area (Å²) in [6.45, 7) is 6.62. The van der Waals surface area contributed by atoms with Crippen LogP contribution in [0.25, 0.3) is 10.9 Å². The van der Waals surface area contributed by atoms with E-state index in [-0.39, 0.29) is 4.75 Å². The van der Waals surface area contributed by atoms with Gasteiger partial charge in [-0.1, -0.05) is 42.5 Å². The largest absolute Gasteiger partial charge is 0.343 e. The van der Waals surface area contributed by atoms with Crippen LogP contribution in [0.1, 0.15) is 31.9 Å². The molecule has 0 radical (unpaired) electrons. The fourth-order valence-electron chi connectivity index (χ4n) is 2.54. The van der Waals surface area contributed by atoms with Gasteiger partial charge in [-0.2, -0.15) is 4.40 Å². The van der Waals surface area contributed by atoms with Crippen molar-refractivity contribution in [3.05, 3.63) is 71.9 Å². The first-order valence-corrected chi connectivity index (χ1v) is 9.14. The number of nitrogens with zero attached hydrogens (tertiary/aromatic N) is 2. The van der Waals surface area contributed by atoms with Crippen molar-refractivity contribution in [2.45, 2.75) is 32.1 Å². The van der Waals surface area contributed by atoms with Crippen molar-refractivity contribution in [1.29, 1.82) is 0 Å². The molecule has 124 valence electrons. The van der Waals surface area contributed by atoms with Gasteiger partial charge in [0.1, 0.15) is 11.0 Å². The Morgan fingerprint density at radius 3 is 2.50 bits per heavy atom. The maximum atomic E-state index is 12.1. The Morgan fingerprint density at radius 2 is 1.79 bits per heavy atom. The van der Waals surface area contributed by atoms with Crippen LogP contribution in [-0.2, 0) is 17.5 Å². The van der Waals surface area contributed by atoms with Crippen LogP contribution < -0.4 is 0 Å². The molecule has 0 amide bonds. The van der Waals surface area contributed by atoms with Gasteiger partial charge >= 0.3 is 0 Å². The molecule has 1 heterocycles. The average Bonchev–Trinajstić information content (AvgIpc) is 2.96. The minimum atomic E-state index is -1.24. The van der Waals surface area contributed by atoms with Gasteiger partial charge in [-0.05, 0) is 38.5 Å². The Morgan fingerprint density at radius 1 is 1.04 bits per heavy atom. The molecule has 1 atom stereocenters. The molecule has 0 saturated carbocycles.